The smallest absolute Gasteiger partial charge is 0.402 e. The molecule has 12 heteroatoms. The van der Waals surface area contributed by atoms with Gasteiger partial charge in [-0.1, -0.05) is 36.4 Å². The van der Waals surface area contributed by atoms with Crippen LogP contribution in [0.2, 0.25) is 0 Å². The molecule has 0 saturated carbocycles. The Balaban J connectivity index is 0.000000363. The molecule has 5 N–H and O–H groups in total. The van der Waals surface area contributed by atoms with Gasteiger partial charge in [-0.25, -0.2) is 0 Å². The Morgan fingerprint density at radius 2 is 0.792 bits per heavy atom. The Bertz CT molecular complexity index is 721. The van der Waals surface area contributed by atoms with Gasteiger partial charge in [-0.2, -0.15) is 16.8 Å². The summed E-state index contributed by atoms with van der Waals surface area (Å²) in [5.74, 6) is 0. The highest BCUT2D eigenvalue weighted by Gasteiger charge is 2.06. The van der Waals surface area contributed by atoms with E-state index >= 15 is 0 Å². The summed E-state index contributed by atoms with van der Waals surface area (Å²) in [5, 5.41) is 21.5. The first-order valence-corrected chi connectivity index (χ1v) is 8.92. The standard InChI is InChI=1S/2C6H6O3S.BH3O3/c2*7-10(8,9)6-4-2-1-3-5-6;2-1(3)4/h2*1-5H,(H,7,8,9);2-4H. The van der Waals surface area contributed by atoms with E-state index in [1.165, 1.54) is 24.3 Å². The minimum atomic E-state index is -4.00. The van der Waals surface area contributed by atoms with Gasteiger partial charge in [0.25, 0.3) is 20.2 Å². The molecule has 0 saturated heterocycles. The first kappa shape index (κ1) is 22.2. The van der Waals surface area contributed by atoms with Gasteiger partial charge in [-0.15, -0.1) is 0 Å². The molecular formula is C12H15BO9S2. The molecule has 0 spiro atoms. The van der Waals surface area contributed by atoms with Crippen LogP contribution in [0.15, 0.2) is 70.5 Å². The van der Waals surface area contributed by atoms with E-state index in [9.17, 15) is 16.8 Å². The van der Waals surface area contributed by atoms with E-state index in [1.54, 1.807) is 36.4 Å². The Kier molecular flexibility index (Phi) is 9.39. The van der Waals surface area contributed by atoms with Crippen molar-refractivity contribution in [1.29, 1.82) is 0 Å². The molecule has 0 unspecified atom stereocenters. The van der Waals surface area contributed by atoms with E-state index in [4.69, 9.17) is 24.2 Å². The number of hydrogen-bond donors (Lipinski definition) is 5. The van der Waals surface area contributed by atoms with Crippen molar-refractivity contribution >= 4 is 27.6 Å². The van der Waals surface area contributed by atoms with E-state index in [0.717, 1.165) is 0 Å². The van der Waals surface area contributed by atoms with Crippen LogP contribution in [-0.2, 0) is 20.2 Å². The average Bonchev–Trinajstić information content (AvgIpc) is 2.47. The van der Waals surface area contributed by atoms with Crippen molar-refractivity contribution in [2.45, 2.75) is 9.79 Å². The molecule has 0 atom stereocenters. The molecule has 0 aliphatic heterocycles. The number of hydrogen-bond acceptors (Lipinski definition) is 7. The van der Waals surface area contributed by atoms with E-state index in [-0.39, 0.29) is 9.79 Å². The minimum absolute atomic E-state index is 0.0741. The molecule has 0 aromatic heterocycles. The zero-order valence-electron chi connectivity index (χ0n) is 12.0. The van der Waals surface area contributed by atoms with Crippen molar-refractivity contribution in [2.75, 3.05) is 0 Å². The lowest BCUT2D eigenvalue weighted by molar-refractivity contribution is 0.278. The maximum atomic E-state index is 10.4. The Labute approximate surface area is 139 Å². The first-order valence-electron chi connectivity index (χ1n) is 6.04. The summed E-state index contributed by atoms with van der Waals surface area (Å²) < 4.78 is 58.5. The average molecular weight is 378 g/mol. The Morgan fingerprint density at radius 1 is 0.583 bits per heavy atom. The van der Waals surface area contributed by atoms with Crippen LogP contribution in [-0.4, -0.2) is 48.3 Å². The van der Waals surface area contributed by atoms with Crippen LogP contribution in [0, 0.1) is 0 Å². The lowest BCUT2D eigenvalue weighted by Crippen LogP contribution is -2.07. The largest absolute Gasteiger partial charge is 0.631 e. The molecular weight excluding hydrogens is 363 g/mol. The van der Waals surface area contributed by atoms with E-state index in [2.05, 4.69) is 0 Å². The third-order valence-electron chi connectivity index (χ3n) is 2.08. The first-order chi connectivity index (χ1) is 10.9. The fraction of sp³-hybridized carbons (Fsp3) is 0. The van der Waals surface area contributed by atoms with E-state index in [1.807, 2.05) is 0 Å². The van der Waals surface area contributed by atoms with Crippen molar-refractivity contribution in [3.63, 3.8) is 0 Å². The summed E-state index contributed by atoms with van der Waals surface area (Å²) >= 11 is 0. The summed E-state index contributed by atoms with van der Waals surface area (Å²) in [4.78, 5) is -0.148. The van der Waals surface area contributed by atoms with Crippen molar-refractivity contribution in [3.05, 3.63) is 60.7 Å². The van der Waals surface area contributed by atoms with Gasteiger partial charge in [-0.05, 0) is 24.3 Å². The molecule has 0 fully saturated rings. The summed E-state index contributed by atoms with van der Waals surface area (Å²) in [6, 6.07) is 14.8. The number of benzene rings is 2. The molecule has 24 heavy (non-hydrogen) atoms. The Morgan fingerprint density at radius 3 is 0.917 bits per heavy atom. The maximum Gasteiger partial charge on any atom is 0.631 e. The van der Waals surface area contributed by atoms with Crippen LogP contribution in [0.5, 0.6) is 0 Å². The second-order valence-corrected chi connectivity index (χ2v) is 6.77. The third kappa shape index (κ3) is 10.9. The summed E-state index contributed by atoms with van der Waals surface area (Å²) in [5.41, 5.74) is 0. The van der Waals surface area contributed by atoms with Gasteiger partial charge in [0.1, 0.15) is 0 Å². The molecule has 0 amide bonds. The minimum Gasteiger partial charge on any atom is -0.402 e. The lowest BCUT2D eigenvalue weighted by atomic mass is 10.3. The van der Waals surface area contributed by atoms with Crippen LogP contribution < -0.4 is 0 Å². The Hall–Kier alpha value is -1.80. The van der Waals surface area contributed by atoms with E-state index in [0.29, 0.717) is 0 Å². The van der Waals surface area contributed by atoms with Gasteiger partial charge in [-0.3, -0.25) is 9.11 Å². The van der Waals surface area contributed by atoms with Crippen molar-refractivity contribution in [1.82, 2.24) is 0 Å². The highest BCUT2D eigenvalue weighted by Crippen LogP contribution is 2.05. The number of rotatable bonds is 2. The molecule has 0 aliphatic rings. The molecule has 0 radical (unpaired) electrons. The van der Waals surface area contributed by atoms with E-state index < -0.39 is 27.6 Å². The highest BCUT2D eigenvalue weighted by molar-refractivity contribution is 7.86. The quantitative estimate of drug-likeness (QED) is 0.351. The SMILES string of the molecule is O=S(=O)(O)c1ccccc1.O=S(=O)(O)c1ccccc1.OB(O)O. The highest BCUT2D eigenvalue weighted by atomic mass is 32.2. The zero-order chi connectivity index (χ0) is 18.8. The normalized spacial score (nSPS) is 10.5. The predicted molar refractivity (Wildman–Crippen MR) is 84.9 cm³/mol. The molecule has 132 valence electrons. The summed E-state index contributed by atoms with van der Waals surface area (Å²) in [7, 11) is -10.2. The van der Waals surface area contributed by atoms with Crippen LogP contribution in [0.4, 0.5) is 0 Å². The van der Waals surface area contributed by atoms with Gasteiger partial charge in [0.2, 0.25) is 0 Å². The second kappa shape index (κ2) is 10.1. The van der Waals surface area contributed by atoms with Crippen molar-refractivity contribution in [2.24, 2.45) is 0 Å². The van der Waals surface area contributed by atoms with Crippen LogP contribution in [0.25, 0.3) is 0 Å². The molecule has 0 aliphatic carbocycles. The second-order valence-electron chi connectivity index (χ2n) is 3.92. The maximum absolute atomic E-state index is 10.4. The third-order valence-corrected chi connectivity index (χ3v) is 3.82. The molecule has 2 rings (SSSR count). The predicted octanol–water partition coefficient (Wildman–Crippen LogP) is -0.185. The lowest BCUT2D eigenvalue weighted by Gasteiger charge is -1.92. The van der Waals surface area contributed by atoms with Gasteiger partial charge < -0.3 is 15.1 Å². The topological polar surface area (TPSA) is 169 Å². The van der Waals surface area contributed by atoms with Gasteiger partial charge in [0, 0.05) is 0 Å². The van der Waals surface area contributed by atoms with Gasteiger partial charge in [0.05, 0.1) is 9.79 Å². The summed E-state index contributed by atoms with van der Waals surface area (Å²) in [6.45, 7) is 0. The molecule has 0 bridgehead atoms. The van der Waals surface area contributed by atoms with Gasteiger partial charge in [0.15, 0.2) is 0 Å². The molecule has 2 aromatic rings. The summed E-state index contributed by atoms with van der Waals surface area (Å²) in [6.07, 6.45) is 0. The van der Waals surface area contributed by atoms with Crippen molar-refractivity contribution < 1.29 is 41.0 Å². The van der Waals surface area contributed by atoms with Crippen LogP contribution in [0.1, 0.15) is 0 Å². The van der Waals surface area contributed by atoms with Crippen molar-refractivity contribution in [3.8, 4) is 0 Å². The monoisotopic (exact) mass is 378 g/mol. The van der Waals surface area contributed by atoms with Gasteiger partial charge >= 0.3 is 7.32 Å². The molecule has 9 nitrogen and oxygen atoms in total. The zero-order valence-corrected chi connectivity index (χ0v) is 13.7. The fourth-order valence-corrected chi connectivity index (χ4v) is 2.19. The fourth-order valence-electron chi connectivity index (χ4n) is 1.18. The molecule has 0 heterocycles. The molecule has 2 aromatic carbocycles. The van der Waals surface area contributed by atoms with Crippen LogP contribution in [0.3, 0.4) is 0 Å². The van der Waals surface area contributed by atoms with Crippen LogP contribution >= 0.6 is 0 Å².